The first kappa shape index (κ1) is 13.0. The highest BCUT2D eigenvalue weighted by molar-refractivity contribution is 6.35. The van der Waals surface area contributed by atoms with Gasteiger partial charge < -0.3 is 5.32 Å². The number of benzene rings is 1. The smallest absolute Gasteiger partial charge is 0.0836 e. The zero-order chi connectivity index (χ0) is 13.4. The Morgan fingerprint density at radius 3 is 2.95 bits per heavy atom. The molecule has 0 spiro atoms. The molecule has 5 heteroatoms. The lowest BCUT2D eigenvalue weighted by Gasteiger charge is -2.22. The SMILES string of the molecule is CNC1CCCc2c1cnn2-c1ccc(Cl)cc1Cl. The van der Waals surface area contributed by atoms with E-state index in [0.29, 0.717) is 16.1 Å². The molecule has 0 bridgehead atoms. The highest BCUT2D eigenvalue weighted by Crippen LogP contribution is 2.32. The van der Waals surface area contributed by atoms with E-state index in [9.17, 15) is 0 Å². The van der Waals surface area contributed by atoms with Crippen molar-refractivity contribution >= 4 is 23.2 Å². The average molecular weight is 296 g/mol. The zero-order valence-corrected chi connectivity index (χ0v) is 12.2. The second-order valence-electron chi connectivity index (χ2n) is 4.79. The Morgan fingerprint density at radius 1 is 1.37 bits per heavy atom. The molecule has 1 atom stereocenters. The molecule has 0 saturated carbocycles. The highest BCUT2D eigenvalue weighted by atomic mass is 35.5. The highest BCUT2D eigenvalue weighted by Gasteiger charge is 2.24. The molecular formula is C14H15Cl2N3. The van der Waals surface area contributed by atoms with Gasteiger partial charge in [-0.05, 0) is 44.5 Å². The van der Waals surface area contributed by atoms with E-state index in [0.717, 1.165) is 24.9 Å². The predicted octanol–water partition coefficient (Wildman–Crippen LogP) is 3.78. The average Bonchev–Trinajstić information content (AvgIpc) is 2.82. The van der Waals surface area contributed by atoms with Crippen LogP contribution in [0.4, 0.5) is 0 Å². The van der Waals surface area contributed by atoms with Gasteiger partial charge >= 0.3 is 0 Å². The quantitative estimate of drug-likeness (QED) is 0.914. The molecule has 3 nitrogen and oxygen atoms in total. The molecule has 0 saturated heterocycles. The second kappa shape index (κ2) is 5.16. The van der Waals surface area contributed by atoms with Gasteiger partial charge in [0.05, 0.1) is 16.9 Å². The molecule has 1 aliphatic carbocycles. The van der Waals surface area contributed by atoms with Crippen molar-refractivity contribution in [3.05, 3.63) is 45.7 Å². The number of fused-ring (bicyclic) bond motifs is 1. The molecule has 1 heterocycles. The lowest BCUT2D eigenvalue weighted by atomic mass is 9.93. The van der Waals surface area contributed by atoms with Crippen LogP contribution in [0.3, 0.4) is 0 Å². The maximum Gasteiger partial charge on any atom is 0.0836 e. The van der Waals surface area contributed by atoms with E-state index in [-0.39, 0.29) is 0 Å². The number of nitrogens with zero attached hydrogens (tertiary/aromatic N) is 2. The van der Waals surface area contributed by atoms with Gasteiger partial charge in [0.25, 0.3) is 0 Å². The number of aromatic nitrogens is 2. The zero-order valence-electron chi connectivity index (χ0n) is 10.7. The topological polar surface area (TPSA) is 29.9 Å². The first-order valence-electron chi connectivity index (χ1n) is 6.40. The largest absolute Gasteiger partial charge is 0.313 e. The van der Waals surface area contributed by atoms with Crippen LogP contribution in [-0.4, -0.2) is 16.8 Å². The van der Waals surface area contributed by atoms with Gasteiger partial charge in [-0.1, -0.05) is 23.2 Å². The molecule has 1 aliphatic rings. The van der Waals surface area contributed by atoms with Gasteiger partial charge in [-0.3, -0.25) is 0 Å². The third-order valence-electron chi connectivity index (χ3n) is 3.67. The third kappa shape index (κ3) is 2.27. The van der Waals surface area contributed by atoms with Crippen molar-refractivity contribution in [2.75, 3.05) is 7.05 Å². The van der Waals surface area contributed by atoms with Gasteiger partial charge in [-0.15, -0.1) is 0 Å². The van der Waals surface area contributed by atoms with Crippen molar-refractivity contribution in [3.8, 4) is 5.69 Å². The second-order valence-corrected chi connectivity index (χ2v) is 5.63. The number of nitrogens with one attached hydrogen (secondary N) is 1. The monoisotopic (exact) mass is 295 g/mol. The Labute approximate surface area is 122 Å². The van der Waals surface area contributed by atoms with Crippen molar-refractivity contribution in [1.82, 2.24) is 15.1 Å². The first-order valence-corrected chi connectivity index (χ1v) is 7.16. The standard InChI is InChI=1S/C14H15Cl2N3/c1-17-12-3-2-4-13-10(12)8-18-19(13)14-6-5-9(15)7-11(14)16/h5-8,12,17H,2-4H2,1H3. The molecule has 3 rings (SSSR count). The van der Waals surface area contributed by atoms with Gasteiger partial charge in [0.2, 0.25) is 0 Å². The van der Waals surface area contributed by atoms with E-state index in [1.54, 1.807) is 6.07 Å². The summed E-state index contributed by atoms with van der Waals surface area (Å²) in [4.78, 5) is 0. The van der Waals surface area contributed by atoms with E-state index < -0.39 is 0 Å². The van der Waals surface area contributed by atoms with Crippen LogP contribution in [0.25, 0.3) is 5.69 Å². The van der Waals surface area contributed by atoms with Crippen LogP contribution in [0.2, 0.25) is 10.0 Å². The minimum atomic E-state index is 0.392. The molecular weight excluding hydrogens is 281 g/mol. The molecule has 0 fully saturated rings. The summed E-state index contributed by atoms with van der Waals surface area (Å²) in [6, 6.07) is 5.91. The van der Waals surface area contributed by atoms with Crippen molar-refractivity contribution in [2.45, 2.75) is 25.3 Å². The molecule has 19 heavy (non-hydrogen) atoms. The summed E-state index contributed by atoms with van der Waals surface area (Å²) >= 11 is 12.2. The van der Waals surface area contributed by atoms with Crippen LogP contribution in [0, 0.1) is 0 Å². The number of hydrogen-bond acceptors (Lipinski definition) is 2. The van der Waals surface area contributed by atoms with Crippen LogP contribution in [0.5, 0.6) is 0 Å². The van der Waals surface area contributed by atoms with Crippen LogP contribution in [0.1, 0.15) is 30.1 Å². The Morgan fingerprint density at radius 2 is 2.21 bits per heavy atom. The fraction of sp³-hybridized carbons (Fsp3) is 0.357. The van der Waals surface area contributed by atoms with Crippen LogP contribution in [0.15, 0.2) is 24.4 Å². The Bertz CT molecular complexity index is 607. The van der Waals surface area contributed by atoms with E-state index in [1.807, 2.05) is 30.1 Å². The van der Waals surface area contributed by atoms with Gasteiger partial charge in [-0.25, -0.2) is 4.68 Å². The summed E-state index contributed by atoms with van der Waals surface area (Å²) in [5, 5.41) is 9.12. The number of rotatable bonds is 2. The molecule has 1 unspecified atom stereocenters. The summed E-state index contributed by atoms with van der Waals surface area (Å²) in [6.07, 6.45) is 5.30. The molecule has 0 aliphatic heterocycles. The van der Waals surface area contributed by atoms with Crippen molar-refractivity contribution in [2.24, 2.45) is 0 Å². The third-order valence-corrected chi connectivity index (χ3v) is 4.21. The summed E-state index contributed by atoms with van der Waals surface area (Å²) < 4.78 is 1.94. The van der Waals surface area contributed by atoms with Crippen molar-refractivity contribution in [3.63, 3.8) is 0 Å². The summed E-state index contributed by atoms with van der Waals surface area (Å²) in [7, 11) is 1.99. The maximum absolute atomic E-state index is 6.27. The normalized spacial score (nSPS) is 18.4. The summed E-state index contributed by atoms with van der Waals surface area (Å²) in [6.45, 7) is 0. The maximum atomic E-state index is 6.27. The van der Waals surface area contributed by atoms with Gasteiger partial charge in [0.1, 0.15) is 0 Å². The van der Waals surface area contributed by atoms with Gasteiger partial charge in [0, 0.05) is 22.3 Å². The Kier molecular flexibility index (Phi) is 3.52. The van der Waals surface area contributed by atoms with Crippen molar-refractivity contribution < 1.29 is 0 Å². The van der Waals surface area contributed by atoms with Crippen LogP contribution >= 0.6 is 23.2 Å². The van der Waals surface area contributed by atoms with E-state index in [4.69, 9.17) is 23.2 Å². The molecule has 1 aromatic carbocycles. The minimum absolute atomic E-state index is 0.392. The fourth-order valence-corrected chi connectivity index (χ4v) is 3.21. The Hall–Kier alpha value is -1.03. The molecule has 1 N–H and O–H groups in total. The van der Waals surface area contributed by atoms with Gasteiger partial charge in [-0.2, -0.15) is 5.10 Å². The van der Waals surface area contributed by atoms with Crippen LogP contribution < -0.4 is 5.32 Å². The fourth-order valence-electron chi connectivity index (χ4n) is 2.72. The molecule has 2 aromatic rings. The molecule has 100 valence electrons. The number of halogens is 2. The van der Waals surface area contributed by atoms with Crippen molar-refractivity contribution in [1.29, 1.82) is 0 Å². The predicted molar refractivity (Wildman–Crippen MR) is 78.3 cm³/mol. The summed E-state index contributed by atoms with van der Waals surface area (Å²) in [5.41, 5.74) is 3.42. The lowest BCUT2D eigenvalue weighted by Crippen LogP contribution is -2.21. The van der Waals surface area contributed by atoms with E-state index in [2.05, 4.69) is 10.4 Å². The lowest BCUT2D eigenvalue weighted by molar-refractivity contribution is 0.490. The Balaban J connectivity index is 2.09. The van der Waals surface area contributed by atoms with Gasteiger partial charge in [0.15, 0.2) is 0 Å². The summed E-state index contributed by atoms with van der Waals surface area (Å²) in [5.74, 6) is 0. The minimum Gasteiger partial charge on any atom is -0.313 e. The first-order chi connectivity index (χ1) is 9.20. The number of hydrogen-bond donors (Lipinski definition) is 1. The van der Waals surface area contributed by atoms with Crippen LogP contribution in [-0.2, 0) is 6.42 Å². The molecule has 0 radical (unpaired) electrons. The van der Waals surface area contributed by atoms with E-state index >= 15 is 0 Å². The van der Waals surface area contributed by atoms with E-state index in [1.165, 1.54) is 11.3 Å². The molecule has 1 aromatic heterocycles. The molecule has 0 amide bonds.